The van der Waals surface area contributed by atoms with E-state index >= 15 is 0 Å². The number of thiophene rings is 1. The average molecular weight is 366 g/mol. The Balaban J connectivity index is 2.02. The largest absolute Gasteiger partial charge is 0.348 e. The van der Waals surface area contributed by atoms with Crippen LogP contribution in [0.3, 0.4) is 0 Å². The Morgan fingerprint density at radius 1 is 1.44 bits per heavy atom. The van der Waals surface area contributed by atoms with Crippen LogP contribution < -0.4 is 5.32 Å². The maximum absolute atomic E-state index is 11.9. The van der Waals surface area contributed by atoms with Crippen molar-refractivity contribution in [3.8, 4) is 0 Å². The van der Waals surface area contributed by atoms with Gasteiger partial charge in [0.1, 0.15) is 4.60 Å². The summed E-state index contributed by atoms with van der Waals surface area (Å²) in [7, 11) is 0. The molecule has 2 rings (SSSR count). The number of halogens is 3. The van der Waals surface area contributed by atoms with Gasteiger partial charge in [0.25, 0.3) is 5.91 Å². The van der Waals surface area contributed by atoms with Gasteiger partial charge in [0, 0.05) is 23.9 Å². The molecule has 1 N–H and O–H groups in total. The quantitative estimate of drug-likeness (QED) is 0.830. The molecular formula is C11H7BrCl2N2OS. The second kappa shape index (κ2) is 6.02. The van der Waals surface area contributed by atoms with E-state index in [4.69, 9.17) is 23.2 Å². The number of aromatic nitrogens is 1. The van der Waals surface area contributed by atoms with Crippen molar-refractivity contribution in [3.63, 3.8) is 0 Å². The van der Waals surface area contributed by atoms with Crippen LogP contribution in [0.5, 0.6) is 0 Å². The second-order valence-corrected chi connectivity index (χ2v) is 6.50. The number of nitrogens with zero attached hydrogens (tertiary/aromatic N) is 1. The summed E-state index contributed by atoms with van der Waals surface area (Å²) in [6.07, 6.45) is 1.56. The number of nitrogens with one attached hydrogen (secondary N) is 1. The summed E-state index contributed by atoms with van der Waals surface area (Å²) in [6, 6.07) is 5.04. The maximum Gasteiger partial charge on any atom is 0.251 e. The fraction of sp³-hybridized carbons (Fsp3) is 0.0909. The molecule has 7 heteroatoms. The summed E-state index contributed by atoms with van der Waals surface area (Å²) in [5.74, 6) is -0.184. The highest BCUT2D eigenvalue weighted by atomic mass is 79.9. The van der Waals surface area contributed by atoms with E-state index in [0.29, 0.717) is 25.4 Å². The van der Waals surface area contributed by atoms with Crippen LogP contribution >= 0.6 is 50.5 Å². The summed E-state index contributed by atoms with van der Waals surface area (Å²) in [6.45, 7) is 0.348. The first kappa shape index (κ1) is 13.8. The summed E-state index contributed by atoms with van der Waals surface area (Å²) in [5, 5.41) is 2.77. The molecule has 2 aromatic rings. The first-order valence-electron chi connectivity index (χ1n) is 4.89. The molecule has 2 heterocycles. The fourth-order valence-corrected chi connectivity index (χ4v) is 3.17. The Morgan fingerprint density at radius 3 is 2.83 bits per heavy atom. The average Bonchev–Trinajstić information content (AvgIpc) is 2.65. The van der Waals surface area contributed by atoms with Crippen molar-refractivity contribution in [1.82, 2.24) is 10.3 Å². The van der Waals surface area contributed by atoms with Gasteiger partial charge in [-0.15, -0.1) is 11.3 Å². The van der Waals surface area contributed by atoms with Crippen LogP contribution in [0.1, 0.15) is 15.9 Å². The monoisotopic (exact) mass is 364 g/mol. The van der Waals surface area contributed by atoms with Gasteiger partial charge in [-0.3, -0.25) is 4.79 Å². The van der Waals surface area contributed by atoms with Crippen LogP contribution in [-0.2, 0) is 6.54 Å². The molecule has 0 aliphatic carbocycles. The lowest BCUT2D eigenvalue weighted by molar-refractivity contribution is 0.0951. The van der Waals surface area contributed by atoms with E-state index in [1.165, 1.54) is 11.3 Å². The van der Waals surface area contributed by atoms with Gasteiger partial charge in [-0.05, 0) is 34.1 Å². The number of hydrogen-bond acceptors (Lipinski definition) is 3. The summed E-state index contributed by atoms with van der Waals surface area (Å²) < 4.78 is 1.82. The van der Waals surface area contributed by atoms with Crippen LogP contribution in [0.4, 0.5) is 0 Å². The molecular weight excluding hydrogens is 359 g/mol. The molecule has 0 atom stereocenters. The third-order valence-electron chi connectivity index (χ3n) is 2.16. The fourth-order valence-electron chi connectivity index (χ4n) is 1.32. The molecule has 0 aliphatic heterocycles. The van der Waals surface area contributed by atoms with E-state index < -0.39 is 0 Å². The Kier molecular flexibility index (Phi) is 4.61. The molecule has 18 heavy (non-hydrogen) atoms. The topological polar surface area (TPSA) is 42.0 Å². The Bertz CT molecular complexity index is 588. The van der Waals surface area contributed by atoms with E-state index in [-0.39, 0.29) is 5.91 Å². The van der Waals surface area contributed by atoms with E-state index in [1.54, 1.807) is 24.4 Å². The zero-order chi connectivity index (χ0) is 13.1. The molecule has 94 valence electrons. The van der Waals surface area contributed by atoms with E-state index in [9.17, 15) is 4.79 Å². The van der Waals surface area contributed by atoms with Gasteiger partial charge in [0.2, 0.25) is 0 Å². The van der Waals surface area contributed by atoms with Crippen LogP contribution in [0.25, 0.3) is 0 Å². The van der Waals surface area contributed by atoms with E-state index in [0.717, 1.165) is 5.56 Å². The number of carbonyl (C=O) groups excluding carboxylic acids is 1. The zero-order valence-corrected chi connectivity index (χ0v) is 12.8. The Labute approximate surface area is 126 Å². The third kappa shape index (κ3) is 3.45. The smallest absolute Gasteiger partial charge is 0.251 e. The highest BCUT2D eigenvalue weighted by molar-refractivity contribution is 9.10. The number of pyridine rings is 1. The molecule has 0 aliphatic rings. The van der Waals surface area contributed by atoms with Crippen LogP contribution in [0, 0.1) is 0 Å². The second-order valence-electron chi connectivity index (χ2n) is 3.40. The molecule has 1 amide bonds. The van der Waals surface area contributed by atoms with Gasteiger partial charge in [0.05, 0.1) is 8.67 Å². The predicted octanol–water partition coefficient (Wildman–Crippen LogP) is 4.14. The minimum Gasteiger partial charge on any atom is -0.348 e. The van der Waals surface area contributed by atoms with Gasteiger partial charge in [-0.25, -0.2) is 4.98 Å². The molecule has 3 nitrogen and oxygen atoms in total. The van der Waals surface area contributed by atoms with Crippen molar-refractivity contribution in [2.75, 3.05) is 0 Å². The maximum atomic E-state index is 11.9. The molecule has 0 bridgehead atoms. The van der Waals surface area contributed by atoms with Crippen molar-refractivity contribution < 1.29 is 4.79 Å². The molecule has 0 aromatic carbocycles. The molecule has 0 fully saturated rings. The van der Waals surface area contributed by atoms with Gasteiger partial charge >= 0.3 is 0 Å². The van der Waals surface area contributed by atoms with E-state index in [1.807, 2.05) is 0 Å². The first-order valence-corrected chi connectivity index (χ1v) is 7.26. The van der Waals surface area contributed by atoms with Gasteiger partial charge in [0.15, 0.2) is 0 Å². The number of amides is 1. The lowest BCUT2D eigenvalue weighted by Gasteiger charge is -2.04. The number of rotatable bonds is 3. The van der Waals surface area contributed by atoms with Crippen molar-refractivity contribution in [1.29, 1.82) is 0 Å². The van der Waals surface area contributed by atoms with Crippen molar-refractivity contribution in [3.05, 3.63) is 48.8 Å². The van der Waals surface area contributed by atoms with Gasteiger partial charge in [-0.1, -0.05) is 23.2 Å². The molecule has 0 saturated heterocycles. The SMILES string of the molecule is O=C(NCc1cc(Cl)sc1Cl)c1ccnc(Br)c1. The Hall–Kier alpha value is -0.620. The molecule has 0 saturated carbocycles. The minimum absolute atomic E-state index is 0.184. The predicted molar refractivity (Wildman–Crippen MR) is 77.4 cm³/mol. The van der Waals surface area contributed by atoms with Crippen molar-refractivity contribution in [2.45, 2.75) is 6.54 Å². The summed E-state index contributed by atoms with van der Waals surface area (Å²) in [5.41, 5.74) is 1.35. The summed E-state index contributed by atoms with van der Waals surface area (Å²) >= 11 is 16.3. The lowest BCUT2D eigenvalue weighted by atomic mass is 10.2. The molecule has 2 aromatic heterocycles. The number of hydrogen-bond donors (Lipinski definition) is 1. The lowest BCUT2D eigenvalue weighted by Crippen LogP contribution is -2.22. The van der Waals surface area contributed by atoms with Crippen molar-refractivity contribution >= 4 is 56.4 Å². The van der Waals surface area contributed by atoms with E-state index in [2.05, 4.69) is 26.2 Å². The van der Waals surface area contributed by atoms with Crippen LogP contribution in [-0.4, -0.2) is 10.9 Å². The standard InChI is InChI=1S/C11H7BrCl2N2OS/c12-8-3-6(1-2-15-8)11(17)16-5-7-4-9(13)18-10(7)14/h1-4H,5H2,(H,16,17). The highest BCUT2D eigenvalue weighted by Gasteiger charge is 2.09. The minimum atomic E-state index is -0.184. The first-order chi connectivity index (χ1) is 8.56. The number of carbonyl (C=O) groups is 1. The molecule has 0 spiro atoms. The van der Waals surface area contributed by atoms with Crippen molar-refractivity contribution in [2.24, 2.45) is 0 Å². The highest BCUT2D eigenvalue weighted by Crippen LogP contribution is 2.30. The van der Waals surface area contributed by atoms with Crippen LogP contribution in [0.15, 0.2) is 29.0 Å². The zero-order valence-electron chi connectivity index (χ0n) is 8.91. The normalized spacial score (nSPS) is 10.4. The summed E-state index contributed by atoms with van der Waals surface area (Å²) in [4.78, 5) is 15.8. The molecule has 0 radical (unpaired) electrons. The van der Waals surface area contributed by atoms with Gasteiger partial charge in [-0.2, -0.15) is 0 Å². The van der Waals surface area contributed by atoms with Gasteiger partial charge < -0.3 is 5.32 Å². The van der Waals surface area contributed by atoms with Crippen LogP contribution in [0.2, 0.25) is 8.67 Å². The Morgan fingerprint density at radius 2 is 2.22 bits per heavy atom. The molecule has 0 unspecified atom stereocenters. The third-order valence-corrected chi connectivity index (χ3v) is 4.16.